The van der Waals surface area contributed by atoms with Crippen LogP contribution in [0.5, 0.6) is 5.75 Å². The number of rotatable bonds is 8. The van der Waals surface area contributed by atoms with Gasteiger partial charge in [0.2, 0.25) is 0 Å². The molecule has 9 nitrogen and oxygen atoms in total. The average Bonchev–Trinajstić information content (AvgIpc) is 3.51. The van der Waals surface area contributed by atoms with Crippen LogP contribution in [0.3, 0.4) is 0 Å². The van der Waals surface area contributed by atoms with Crippen molar-refractivity contribution in [3.05, 3.63) is 41.7 Å². The minimum Gasteiger partial charge on any atom is -0.494 e. The largest absolute Gasteiger partial charge is 0.494 e. The third-order valence-electron chi connectivity index (χ3n) is 6.51. The van der Waals surface area contributed by atoms with Crippen LogP contribution in [0, 0.1) is 5.92 Å². The number of aromatic nitrogens is 2. The smallest absolute Gasteiger partial charge is 0.257 e. The molecule has 2 fully saturated rings. The lowest BCUT2D eigenvalue weighted by Crippen LogP contribution is -2.36. The van der Waals surface area contributed by atoms with E-state index in [1.807, 2.05) is 12.1 Å². The highest BCUT2D eigenvalue weighted by Crippen LogP contribution is 2.39. The van der Waals surface area contributed by atoms with E-state index in [4.69, 9.17) is 19.2 Å². The molecule has 0 aliphatic carbocycles. The van der Waals surface area contributed by atoms with Gasteiger partial charge in [-0.25, -0.2) is 4.98 Å². The summed E-state index contributed by atoms with van der Waals surface area (Å²) < 4.78 is 17.3. The molecule has 0 saturated carbocycles. The number of hydrogen-bond acceptors (Lipinski definition) is 9. The standard InChI is InChI=1S/C25H31N5O4S/c1-32-16-17-6-8-29(14-17)15-19-13-18(5-7-26-19)24(31)28-25-27-22-21(33-2)4-3-20(23(22)35-25)30-9-11-34-12-10-30/h3-5,7,13,17H,6,8-12,14-16H2,1-2H3,(H,27,28,31)/t17-/m0/s1. The molecule has 10 heteroatoms. The van der Waals surface area contributed by atoms with Crippen molar-refractivity contribution in [1.82, 2.24) is 14.9 Å². The van der Waals surface area contributed by atoms with E-state index < -0.39 is 0 Å². The Balaban J connectivity index is 1.32. The Hall–Kier alpha value is -2.79. The fourth-order valence-electron chi connectivity index (χ4n) is 4.77. The Bertz CT molecular complexity index is 1180. The lowest BCUT2D eigenvalue weighted by atomic mass is 10.1. The molecule has 3 aromatic rings. The summed E-state index contributed by atoms with van der Waals surface area (Å²) in [7, 11) is 3.38. The predicted octanol–water partition coefficient (Wildman–Crippen LogP) is 3.26. The second-order valence-corrected chi connectivity index (χ2v) is 9.92. The number of hydrogen-bond donors (Lipinski definition) is 1. The minimum absolute atomic E-state index is 0.196. The van der Waals surface area contributed by atoms with Gasteiger partial charge in [-0.3, -0.25) is 20.0 Å². The van der Waals surface area contributed by atoms with Gasteiger partial charge < -0.3 is 19.1 Å². The fourth-order valence-corrected chi connectivity index (χ4v) is 5.79. The second kappa shape index (κ2) is 10.9. The minimum atomic E-state index is -0.196. The van der Waals surface area contributed by atoms with Crippen molar-refractivity contribution in [3.8, 4) is 5.75 Å². The summed E-state index contributed by atoms with van der Waals surface area (Å²) in [5.74, 6) is 1.06. The number of carbonyl (C=O) groups is 1. The highest BCUT2D eigenvalue weighted by atomic mass is 32.1. The lowest BCUT2D eigenvalue weighted by Gasteiger charge is -2.29. The zero-order valence-corrected chi connectivity index (χ0v) is 21.0. The molecule has 0 bridgehead atoms. The first-order valence-corrected chi connectivity index (χ1v) is 12.7. The summed E-state index contributed by atoms with van der Waals surface area (Å²) in [5, 5.41) is 3.53. The average molecular weight is 498 g/mol. The highest BCUT2D eigenvalue weighted by Gasteiger charge is 2.23. The number of anilines is 2. The number of ether oxygens (including phenoxy) is 3. The van der Waals surface area contributed by atoms with Crippen LogP contribution in [-0.2, 0) is 16.0 Å². The van der Waals surface area contributed by atoms with Gasteiger partial charge in [0.25, 0.3) is 5.91 Å². The van der Waals surface area contributed by atoms with Crippen molar-refractivity contribution >= 4 is 38.3 Å². The lowest BCUT2D eigenvalue weighted by molar-refractivity contribution is 0.102. The Morgan fingerprint density at radius 2 is 2.09 bits per heavy atom. The molecule has 1 atom stereocenters. The van der Waals surface area contributed by atoms with E-state index in [1.54, 1.807) is 26.5 Å². The zero-order valence-electron chi connectivity index (χ0n) is 20.2. The van der Waals surface area contributed by atoms with Crippen LogP contribution in [0.15, 0.2) is 30.5 Å². The van der Waals surface area contributed by atoms with E-state index in [1.165, 1.54) is 11.3 Å². The van der Waals surface area contributed by atoms with Crippen molar-refractivity contribution in [2.45, 2.75) is 13.0 Å². The monoisotopic (exact) mass is 497 g/mol. The number of nitrogens with one attached hydrogen (secondary N) is 1. The van der Waals surface area contributed by atoms with Gasteiger partial charge in [0.15, 0.2) is 5.13 Å². The molecule has 4 heterocycles. The van der Waals surface area contributed by atoms with Crippen LogP contribution >= 0.6 is 11.3 Å². The normalized spacial score (nSPS) is 18.8. The van der Waals surface area contributed by atoms with Gasteiger partial charge in [-0.15, -0.1) is 0 Å². The summed E-state index contributed by atoms with van der Waals surface area (Å²) in [5.41, 5.74) is 3.30. The Kier molecular flexibility index (Phi) is 7.43. The first kappa shape index (κ1) is 23.9. The first-order chi connectivity index (χ1) is 17.1. The van der Waals surface area contributed by atoms with Gasteiger partial charge in [0, 0.05) is 45.0 Å². The van der Waals surface area contributed by atoms with E-state index in [0.717, 1.165) is 67.3 Å². The molecule has 2 saturated heterocycles. The van der Waals surface area contributed by atoms with Gasteiger partial charge in [-0.2, -0.15) is 0 Å². The number of fused-ring (bicyclic) bond motifs is 1. The Morgan fingerprint density at radius 3 is 2.89 bits per heavy atom. The number of pyridine rings is 1. The molecule has 0 unspecified atom stereocenters. The van der Waals surface area contributed by atoms with Crippen molar-refractivity contribution < 1.29 is 19.0 Å². The van der Waals surface area contributed by atoms with Gasteiger partial charge in [0.1, 0.15) is 11.3 Å². The molecule has 1 aromatic carbocycles. The molecule has 1 N–H and O–H groups in total. The maximum Gasteiger partial charge on any atom is 0.257 e. The number of morpholine rings is 1. The molecule has 1 amide bonds. The Labute approximate surface area is 209 Å². The van der Waals surface area contributed by atoms with Crippen LogP contribution in [0.1, 0.15) is 22.5 Å². The highest BCUT2D eigenvalue weighted by molar-refractivity contribution is 7.23. The molecular weight excluding hydrogens is 466 g/mol. The molecule has 0 spiro atoms. The predicted molar refractivity (Wildman–Crippen MR) is 137 cm³/mol. The number of thiazole rings is 1. The number of nitrogens with zero attached hydrogens (tertiary/aromatic N) is 4. The summed E-state index contributed by atoms with van der Waals surface area (Å²) in [6, 6.07) is 7.60. The van der Waals surface area contributed by atoms with Crippen LogP contribution in [-0.4, -0.2) is 81.0 Å². The number of methoxy groups -OCH3 is 2. The Morgan fingerprint density at radius 1 is 1.23 bits per heavy atom. The van der Waals surface area contributed by atoms with Crippen molar-refractivity contribution in [2.75, 3.05) is 70.4 Å². The topological polar surface area (TPSA) is 89.0 Å². The molecule has 5 rings (SSSR count). The summed E-state index contributed by atoms with van der Waals surface area (Å²) in [6.45, 7) is 6.56. The SMILES string of the molecule is COC[C@H]1CCN(Cc2cc(C(=O)Nc3nc4c(OC)ccc(N5CCOCC5)c4s3)ccn2)C1. The first-order valence-electron chi connectivity index (χ1n) is 11.9. The van der Waals surface area contributed by atoms with Crippen LogP contribution < -0.4 is 15.0 Å². The van der Waals surface area contributed by atoms with Gasteiger partial charge >= 0.3 is 0 Å². The van der Waals surface area contributed by atoms with Crippen LogP contribution in [0.25, 0.3) is 10.2 Å². The van der Waals surface area contributed by atoms with Crippen LogP contribution in [0.4, 0.5) is 10.8 Å². The number of amides is 1. The van der Waals surface area contributed by atoms with Crippen molar-refractivity contribution in [2.24, 2.45) is 5.92 Å². The second-order valence-electron chi connectivity index (χ2n) is 8.92. The van der Waals surface area contributed by atoms with Gasteiger partial charge in [0.05, 0.1) is 43.0 Å². The van der Waals surface area contributed by atoms with E-state index >= 15 is 0 Å². The third-order valence-corrected chi connectivity index (χ3v) is 7.51. The van der Waals surface area contributed by atoms with Gasteiger partial charge in [-0.05, 0) is 43.1 Å². The number of likely N-dealkylation sites (tertiary alicyclic amines) is 1. The summed E-state index contributed by atoms with van der Waals surface area (Å²) in [6.07, 6.45) is 2.83. The molecule has 2 aliphatic rings. The van der Waals surface area contributed by atoms with E-state index in [0.29, 0.717) is 35.6 Å². The van der Waals surface area contributed by atoms with E-state index in [9.17, 15) is 4.79 Å². The summed E-state index contributed by atoms with van der Waals surface area (Å²) in [4.78, 5) is 26.9. The quantitative estimate of drug-likeness (QED) is 0.507. The van der Waals surface area contributed by atoms with E-state index in [-0.39, 0.29) is 5.91 Å². The maximum absolute atomic E-state index is 13.1. The third kappa shape index (κ3) is 5.40. The summed E-state index contributed by atoms with van der Waals surface area (Å²) >= 11 is 1.46. The molecular formula is C25H31N5O4S. The molecule has 0 radical (unpaired) electrons. The number of carbonyl (C=O) groups excluding carboxylic acids is 1. The molecule has 2 aliphatic heterocycles. The maximum atomic E-state index is 13.1. The molecule has 186 valence electrons. The zero-order chi connectivity index (χ0) is 24.2. The van der Waals surface area contributed by atoms with Crippen molar-refractivity contribution in [3.63, 3.8) is 0 Å². The molecule has 35 heavy (non-hydrogen) atoms. The van der Waals surface area contributed by atoms with Gasteiger partial charge in [-0.1, -0.05) is 11.3 Å². The van der Waals surface area contributed by atoms with Crippen molar-refractivity contribution in [1.29, 1.82) is 0 Å². The number of benzene rings is 1. The van der Waals surface area contributed by atoms with Crippen LogP contribution in [0.2, 0.25) is 0 Å². The van der Waals surface area contributed by atoms with E-state index in [2.05, 4.69) is 26.2 Å². The molecule has 2 aromatic heterocycles. The fraction of sp³-hybridized carbons (Fsp3) is 0.480.